The third-order valence-corrected chi connectivity index (χ3v) is 2.48. The van der Waals surface area contributed by atoms with Crippen LogP contribution in [0.25, 0.3) is 0 Å². The van der Waals surface area contributed by atoms with Crippen LogP contribution in [0.15, 0.2) is 0 Å². The molecule has 3 nitrogen and oxygen atoms in total. The van der Waals surface area contributed by atoms with Gasteiger partial charge in [-0.25, -0.2) is 4.39 Å². The third kappa shape index (κ3) is 1.75. The van der Waals surface area contributed by atoms with Crippen molar-refractivity contribution >= 4 is 5.97 Å². The number of hydrogen-bond donors (Lipinski definition) is 1. The number of carboxylic acid groups (broad SMARTS) is 1. The van der Waals surface area contributed by atoms with Gasteiger partial charge >= 0.3 is 5.97 Å². The topological polar surface area (TPSA) is 46.5 Å². The van der Waals surface area contributed by atoms with E-state index in [-0.39, 0.29) is 13.0 Å². The van der Waals surface area contributed by atoms with Gasteiger partial charge in [-0.2, -0.15) is 0 Å². The van der Waals surface area contributed by atoms with E-state index >= 15 is 0 Å². The summed E-state index contributed by atoms with van der Waals surface area (Å²) in [7, 11) is 0. The lowest BCUT2D eigenvalue weighted by Gasteiger charge is -2.26. The number of aliphatic carboxylic acids is 1. The Hall–Kier alpha value is -0.640. The van der Waals surface area contributed by atoms with E-state index in [0.29, 0.717) is 13.0 Å². The van der Waals surface area contributed by atoms with Crippen LogP contribution in [-0.4, -0.2) is 30.5 Å². The highest BCUT2D eigenvalue weighted by molar-refractivity contribution is 5.67. The van der Waals surface area contributed by atoms with E-state index in [9.17, 15) is 9.18 Å². The second kappa shape index (κ2) is 3.39. The molecule has 1 N–H and O–H groups in total. The Labute approximate surface area is 70.5 Å². The van der Waals surface area contributed by atoms with Crippen molar-refractivity contribution in [2.24, 2.45) is 5.41 Å². The quantitative estimate of drug-likeness (QED) is 0.703. The molecule has 0 radical (unpaired) electrons. The van der Waals surface area contributed by atoms with Crippen molar-refractivity contribution in [3.05, 3.63) is 0 Å². The van der Waals surface area contributed by atoms with Crippen molar-refractivity contribution < 1.29 is 19.0 Å². The number of carbonyl (C=O) groups is 1. The molecule has 2 atom stereocenters. The molecule has 1 heterocycles. The maximum atomic E-state index is 13.1. The molecule has 4 heteroatoms. The fraction of sp³-hybridized carbons (Fsp3) is 0.875. The van der Waals surface area contributed by atoms with Gasteiger partial charge in [-0.1, -0.05) is 0 Å². The van der Waals surface area contributed by atoms with Crippen molar-refractivity contribution in [2.45, 2.75) is 25.9 Å². The SMILES string of the molecule is CC(F)C1(CC(=O)O)CCOC1. The molecule has 0 saturated carbocycles. The second-order valence-corrected chi connectivity index (χ2v) is 3.35. The highest BCUT2D eigenvalue weighted by Crippen LogP contribution is 2.37. The Kier molecular flexibility index (Phi) is 2.67. The van der Waals surface area contributed by atoms with Gasteiger partial charge in [0.1, 0.15) is 6.17 Å². The molecule has 1 fully saturated rings. The van der Waals surface area contributed by atoms with Crippen molar-refractivity contribution in [1.29, 1.82) is 0 Å². The Bertz CT molecular complexity index is 173. The summed E-state index contributed by atoms with van der Waals surface area (Å²) < 4.78 is 18.1. The molecule has 1 rings (SSSR count). The van der Waals surface area contributed by atoms with Crippen LogP contribution >= 0.6 is 0 Å². The van der Waals surface area contributed by atoms with Crippen LogP contribution in [0.5, 0.6) is 0 Å². The van der Waals surface area contributed by atoms with E-state index in [1.54, 1.807) is 0 Å². The zero-order chi connectivity index (χ0) is 9.19. The van der Waals surface area contributed by atoms with Gasteiger partial charge in [0, 0.05) is 12.0 Å². The van der Waals surface area contributed by atoms with E-state index in [4.69, 9.17) is 9.84 Å². The maximum Gasteiger partial charge on any atom is 0.304 e. The molecule has 0 amide bonds. The normalized spacial score (nSPS) is 31.8. The minimum atomic E-state index is -1.11. The predicted octanol–water partition coefficient (Wildman–Crippen LogP) is 1.23. The predicted molar refractivity (Wildman–Crippen MR) is 40.7 cm³/mol. The van der Waals surface area contributed by atoms with Crippen LogP contribution < -0.4 is 0 Å². The van der Waals surface area contributed by atoms with Gasteiger partial charge in [0.15, 0.2) is 0 Å². The molecular weight excluding hydrogens is 163 g/mol. The van der Waals surface area contributed by atoms with Crippen LogP contribution in [0.4, 0.5) is 4.39 Å². The zero-order valence-corrected chi connectivity index (χ0v) is 7.05. The lowest BCUT2D eigenvalue weighted by molar-refractivity contribution is -0.141. The number of alkyl halides is 1. The summed E-state index contributed by atoms with van der Waals surface area (Å²) in [6, 6.07) is 0. The second-order valence-electron chi connectivity index (χ2n) is 3.35. The molecule has 0 spiro atoms. The lowest BCUT2D eigenvalue weighted by atomic mass is 9.80. The largest absolute Gasteiger partial charge is 0.481 e. The smallest absolute Gasteiger partial charge is 0.304 e. The summed E-state index contributed by atoms with van der Waals surface area (Å²) in [6.07, 6.45) is -0.738. The molecule has 0 aliphatic carbocycles. The lowest BCUT2D eigenvalue weighted by Crippen LogP contribution is -2.33. The monoisotopic (exact) mass is 176 g/mol. The molecule has 0 aromatic rings. The fourth-order valence-electron chi connectivity index (χ4n) is 1.52. The van der Waals surface area contributed by atoms with E-state index in [2.05, 4.69) is 0 Å². The Balaban J connectivity index is 2.65. The van der Waals surface area contributed by atoms with Crippen molar-refractivity contribution in [2.75, 3.05) is 13.2 Å². The van der Waals surface area contributed by atoms with E-state index in [1.165, 1.54) is 6.92 Å². The van der Waals surface area contributed by atoms with Gasteiger partial charge < -0.3 is 9.84 Å². The van der Waals surface area contributed by atoms with Gasteiger partial charge in [-0.15, -0.1) is 0 Å². The molecule has 70 valence electrons. The van der Waals surface area contributed by atoms with Gasteiger partial charge in [-0.05, 0) is 13.3 Å². The summed E-state index contributed by atoms with van der Waals surface area (Å²) in [5.41, 5.74) is -0.772. The fourth-order valence-corrected chi connectivity index (χ4v) is 1.52. The van der Waals surface area contributed by atoms with Crippen LogP contribution in [0.2, 0.25) is 0 Å². The highest BCUT2D eigenvalue weighted by Gasteiger charge is 2.42. The molecule has 12 heavy (non-hydrogen) atoms. The summed E-state index contributed by atoms with van der Waals surface area (Å²) >= 11 is 0. The molecule has 0 bridgehead atoms. The Morgan fingerprint density at radius 1 is 1.83 bits per heavy atom. The molecule has 1 aliphatic rings. The molecule has 2 unspecified atom stereocenters. The van der Waals surface area contributed by atoms with Crippen LogP contribution in [-0.2, 0) is 9.53 Å². The third-order valence-electron chi connectivity index (χ3n) is 2.48. The van der Waals surface area contributed by atoms with Gasteiger partial charge in [0.25, 0.3) is 0 Å². The number of halogens is 1. The number of ether oxygens (including phenoxy) is 1. The number of carboxylic acids is 1. The summed E-state index contributed by atoms with van der Waals surface area (Å²) in [4.78, 5) is 10.4. The van der Waals surface area contributed by atoms with E-state index in [0.717, 1.165) is 0 Å². The van der Waals surface area contributed by atoms with Crippen molar-refractivity contribution in [1.82, 2.24) is 0 Å². The molecule has 0 aromatic heterocycles. The molecule has 0 aromatic carbocycles. The van der Waals surface area contributed by atoms with E-state index < -0.39 is 17.6 Å². The van der Waals surface area contributed by atoms with Crippen molar-refractivity contribution in [3.8, 4) is 0 Å². The average Bonchev–Trinajstić information content (AvgIpc) is 2.35. The van der Waals surface area contributed by atoms with Crippen molar-refractivity contribution in [3.63, 3.8) is 0 Å². The Morgan fingerprint density at radius 3 is 2.83 bits per heavy atom. The standard InChI is InChI=1S/C8H13FO3/c1-6(9)8(4-7(10)11)2-3-12-5-8/h6H,2-5H2,1H3,(H,10,11). The first-order valence-corrected chi connectivity index (χ1v) is 4.00. The first-order chi connectivity index (χ1) is 5.57. The molecule has 1 saturated heterocycles. The van der Waals surface area contributed by atoms with Crippen LogP contribution in [0.3, 0.4) is 0 Å². The van der Waals surface area contributed by atoms with Crippen LogP contribution in [0.1, 0.15) is 19.8 Å². The summed E-state index contributed by atoms with van der Waals surface area (Å²) in [5, 5.41) is 8.57. The minimum absolute atomic E-state index is 0.134. The first-order valence-electron chi connectivity index (χ1n) is 4.00. The minimum Gasteiger partial charge on any atom is -0.481 e. The Morgan fingerprint density at radius 2 is 2.50 bits per heavy atom. The summed E-state index contributed by atoms with van der Waals surface area (Å²) in [5.74, 6) is -0.954. The average molecular weight is 176 g/mol. The first kappa shape index (κ1) is 9.45. The maximum absolute atomic E-state index is 13.1. The summed E-state index contributed by atoms with van der Waals surface area (Å²) in [6.45, 7) is 2.11. The number of rotatable bonds is 3. The number of hydrogen-bond acceptors (Lipinski definition) is 2. The van der Waals surface area contributed by atoms with Gasteiger partial charge in [0.2, 0.25) is 0 Å². The zero-order valence-electron chi connectivity index (χ0n) is 7.05. The van der Waals surface area contributed by atoms with Gasteiger partial charge in [0.05, 0.1) is 13.0 Å². The van der Waals surface area contributed by atoms with E-state index in [1.807, 2.05) is 0 Å². The molecule has 1 aliphatic heterocycles. The van der Waals surface area contributed by atoms with Crippen LogP contribution in [0, 0.1) is 5.41 Å². The highest BCUT2D eigenvalue weighted by atomic mass is 19.1. The van der Waals surface area contributed by atoms with Gasteiger partial charge in [-0.3, -0.25) is 4.79 Å². The molecular formula is C8H13FO3.